The second kappa shape index (κ2) is 6.07. The number of phenols is 2. The van der Waals surface area contributed by atoms with Crippen LogP contribution >= 0.6 is 31.9 Å². The van der Waals surface area contributed by atoms with Crippen LogP contribution < -0.4 is 0 Å². The van der Waals surface area contributed by atoms with Crippen LogP contribution in [-0.2, 0) is 0 Å². The summed E-state index contributed by atoms with van der Waals surface area (Å²) in [6.07, 6.45) is 1.56. The summed E-state index contributed by atoms with van der Waals surface area (Å²) in [5, 5.41) is 28.4. The molecular formula is C16H8Br2N2O3. The Hall–Kier alpha value is -2.30. The smallest absolute Gasteiger partial charge is 0.228 e. The summed E-state index contributed by atoms with van der Waals surface area (Å²) in [5.74, 6) is 0.249. The van der Waals surface area contributed by atoms with Gasteiger partial charge in [-0.25, -0.2) is 4.98 Å². The van der Waals surface area contributed by atoms with Gasteiger partial charge in [0, 0.05) is 5.56 Å². The third-order valence-electron chi connectivity index (χ3n) is 3.20. The normalized spacial score (nSPS) is 10.5. The molecule has 3 aromatic rings. The molecule has 0 fully saturated rings. The summed E-state index contributed by atoms with van der Waals surface area (Å²) < 4.78 is 6.33. The van der Waals surface area contributed by atoms with E-state index in [0.717, 1.165) is 5.56 Å². The van der Waals surface area contributed by atoms with Crippen LogP contribution in [0, 0.1) is 11.3 Å². The van der Waals surface area contributed by atoms with E-state index in [1.165, 1.54) is 0 Å². The van der Waals surface area contributed by atoms with Gasteiger partial charge in [-0.05, 0) is 62.2 Å². The van der Waals surface area contributed by atoms with Gasteiger partial charge in [0.15, 0.2) is 17.3 Å². The van der Waals surface area contributed by atoms with Crippen molar-refractivity contribution in [2.45, 2.75) is 0 Å². The van der Waals surface area contributed by atoms with Gasteiger partial charge < -0.3 is 14.6 Å². The Morgan fingerprint density at radius 1 is 1.09 bits per heavy atom. The Labute approximate surface area is 148 Å². The van der Waals surface area contributed by atoms with Crippen LogP contribution in [0.5, 0.6) is 11.5 Å². The lowest BCUT2D eigenvalue weighted by atomic mass is 10.1. The lowest BCUT2D eigenvalue weighted by Gasteiger charge is -2.07. The number of phenolic OH excluding ortho intramolecular Hbond substituents is 2. The molecule has 5 nitrogen and oxygen atoms in total. The number of hydrogen-bond acceptors (Lipinski definition) is 5. The molecular weight excluding hydrogens is 428 g/mol. The summed E-state index contributed by atoms with van der Waals surface area (Å²) in [6, 6.07) is 10.6. The molecule has 0 saturated carbocycles. The highest BCUT2D eigenvalue weighted by Gasteiger charge is 2.19. The van der Waals surface area contributed by atoms with Crippen LogP contribution in [0.15, 0.2) is 49.9 Å². The predicted octanol–water partition coefficient (Wildman–Crippen LogP) is 4.82. The van der Waals surface area contributed by atoms with Gasteiger partial charge in [-0.15, -0.1) is 0 Å². The Bertz CT molecular complexity index is 928. The van der Waals surface area contributed by atoms with E-state index in [9.17, 15) is 10.2 Å². The Balaban J connectivity index is 2.04. The van der Waals surface area contributed by atoms with E-state index in [0.29, 0.717) is 21.4 Å². The van der Waals surface area contributed by atoms with Crippen molar-refractivity contribution in [1.29, 1.82) is 5.26 Å². The van der Waals surface area contributed by atoms with Crippen molar-refractivity contribution in [2.75, 3.05) is 0 Å². The molecule has 0 amide bonds. The van der Waals surface area contributed by atoms with Crippen LogP contribution in [0.25, 0.3) is 22.8 Å². The predicted molar refractivity (Wildman–Crippen MR) is 90.8 cm³/mol. The zero-order valence-electron chi connectivity index (χ0n) is 11.4. The topological polar surface area (TPSA) is 90.3 Å². The van der Waals surface area contributed by atoms with Crippen molar-refractivity contribution in [2.24, 2.45) is 0 Å². The summed E-state index contributed by atoms with van der Waals surface area (Å²) in [6.45, 7) is 0. The molecule has 0 unspecified atom stereocenters. The molecule has 2 aromatic carbocycles. The molecule has 0 radical (unpaired) electrons. The first-order chi connectivity index (χ1) is 11.0. The van der Waals surface area contributed by atoms with E-state index in [4.69, 9.17) is 9.68 Å². The number of hydrogen-bond donors (Lipinski definition) is 2. The van der Waals surface area contributed by atoms with E-state index in [2.05, 4.69) is 42.9 Å². The first kappa shape index (κ1) is 15.6. The maximum Gasteiger partial charge on any atom is 0.228 e. The van der Waals surface area contributed by atoms with Crippen molar-refractivity contribution in [3.05, 3.63) is 51.0 Å². The van der Waals surface area contributed by atoms with Crippen LogP contribution in [0.1, 0.15) is 5.56 Å². The van der Waals surface area contributed by atoms with Gasteiger partial charge in [0.2, 0.25) is 5.89 Å². The minimum Gasteiger partial charge on any atom is -0.503 e. The zero-order valence-corrected chi connectivity index (χ0v) is 14.6. The van der Waals surface area contributed by atoms with Crippen LogP contribution in [0.3, 0.4) is 0 Å². The summed E-state index contributed by atoms with van der Waals surface area (Å²) >= 11 is 6.38. The first-order valence-corrected chi connectivity index (χ1v) is 7.96. The summed E-state index contributed by atoms with van der Waals surface area (Å²) in [4.78, 5) is 4.20. The van der Waals surface area contributed by atoms with Gasteiger partial charge in [-0.2, -0.15) is 5.26 Å². The average molecular weight is 436 g/mol. The molecule has 0 spiro atoms. The number of aromatic hydroxyl groups is 2. The maximum absolute atomic E-state index is 9.88. The quantitative estimate of drug-likeness (QED) is 0.563. The molecule has 3 rings (SSSR count). The molecule has 0 bridgehead atoms. The van der Waals surface area contributed by atoms with E-state index in [1.54, 1.807) is 36.5 Å². The highest BCUT2D eigenvalue weighted by molar-refractivity contribution is 9.11. The van der Waals surface area contributed by atoms with Gasteiger partial charge >= 0.3 is 0 Å². The number of nitriles is 1. The fourth-order valence-electron chi connectivity index (χ4n) is 2.00. The standard InChI is InChI=1S/C16H8Br2N2O3/c17-11-5-10(13(18)15(22)14(11)21)16-20-7-12(23-16)9-3-1-8(6-19)2-4-9/h1-5,7,21-22H. The molecule has 114 valence electrons. The minimum atomic E-state index is -0.299. The van der Waals surface area contributed by atoms with E-state index < -0.39 is 0 Å². The van der Waals surface area contributed by atoms with Crippen molar-refractivity contribution in [3.63, 3.8) is 0 Å². The van der Waals surface area contributed by atoms with Crippen LogP contribution in [-0.4, -0.2) is 15.2 Å². The van der Waals surface area contributed by atoms with Gasteiger partial charge in [0.25, 0.3) is 0 Å². The van der Waals surface area contributed by atoms with E-state index in [-0.39, 0.29) is 21.9 Å². The number of oxazole rings is 1. The van der Waals surface area contributed by atoms with E-state index in [1.807, 2.05) is 0 Å². The minimum absolute atomic E-state index is 0.264. The summed E-state index contributed by atoms with van der Waals surface area (Å²) in [5.41, 5.74) is 1.83. The molecule has 0 aliphatic rings. The number of benzene rings is 2. The number of rotatable bonds is 2. The van der Waals surface area contributed by atoms with Crippen molar-refractivity contribution < 1.29 is 14.6 Å². The maximum atomic E-state index is 9.88. The monoisotopic (exact) mass is 434 g/mol. The molecule has 0 saturated heterocycles. The molecule has 2 N–H and O–H groups in total. The highest BCUT2D eigenvalue weighted by Crippen LogP contribution is 2.45. The molecule has 1 heterocycles. The number of nitrogens with zero attached hydrogens (tertiary/aromatic N) is 2. The van der Waals surface area contributed by atoms with Crippen molar-refractivity contribution in [3.8, 4) is 40.3 Å². The SMILES string of the molecule is N#Cc1ccc(-c2cnc(-c3cc(Br)c(O)c(O)c3Br)o2)cc1. The number of aromatic nitrogens is 1. The Kier molecular flexibility index (Phi) is 4.11. The second-order valence-electron chi connectivity index (χ2n) is 4.64. The molecule has 0 atom stereocenters. The van der Waals surface area contributed by atoms with Crippen LogP contribution in [0.2, 0.25) is 0 Å². The third kappa shape index (κ3) is 2.83. The molecule has 1 aromatic heterocycles. The largest absolute Gasteiger partial charge is 0.503 e. The molecule has 0 aliphatic carbocycles. The third-order valence-corrected chi connectivity index (χ3v) is 4.61. The van der Waals surface area contributed by atoms with Crippen molar-refractivity contribution in [1.82, 2.24) is 4.98 Å². The Morgan fingerprint density at radius 3 is 2.43 bits per heavy atom. The fraction of sp³-hybridized carbons (Fsp3) is 0. The number of halogens is 2. The average Bonchev–Trinajstić information content (AvgIpc) is 3.06. The molecule has 23 heavy (non-hydrogen) atoms. The second-order valence-corrected chi connectivity index (χ2v) is 6.28. The van der Waals surface area contributed by atoms with Crippen molar-refractivity contribution >= 4 is 31.9 Å². The Morgan fingerprint density at radius 2 is 1.78 bits per heavy atom. The summed E-state index contributed by atoms with van der Waals surface area (Å²) in [7, 11) is 0. The first-order valence-electron chi connectivity index (χ1n) is 6.38. The van der Waals surface area contributed by atoms with Gasteiger partial charge in [0.05, 0.1) is 32.3 Å². The van der Waals surface area contributed by atoms with Gasteiger partial charge in [-0.3, -0.25) is 0 Å². The van der Waals surface area contributed by atoms with Gasteiger partial charge in [-0.1, -0.05) is 0 Å². The van der Waals surface area contributed by atoms with E-state index >= 15 is 0 Å². The van der Waals surface area contributed by atoms with Gasteiger partial charge in [0.1, 0.15) is 0 Å². The lowest BCUT2D eigenvalue weighted by molar-refractivity contribution is 0.399. The van der Waals surface area contributed by atoms with Crippen LogP contribution in [0.4, 0.5) is 0 Å². The molecule has 0 aliphatic heterocycles. The molecule has 7 heteroatoms. The lowest BCUT2D eigenvalue weighted by Crippen LogP contribution is -1.83. The zero-order chi connectivity index (χ0) is 16.6. The highest BCUT2D eigenvalue weighted by atomic mass is 79.9. The fourth-order valence-corrected chi connectivity index (χ4v) is 2.89.